The summed E-state index contributed by atoms with van der Waals surface area (Å²) < 4.78 is 25.0. The van der Waals surface area contributed by atoms with Gasteiger partial charge in [-0.15, -0.1) is 0 Å². The SMILES string of the molecule is CCn1ccnc1CNC1CCCS(=O)(=O)C1. The molecule has 0 saturated carbocycles. The van der Waals surface area contributed by atoms with E-state index in [2.05, 4.69) is 21.8 Å². The molecule has 2 heterocycles. The Kier molecular flexibility index (Phi) is 3.83. The van der Waals surface area contributed by atoms with Gasteiger partial charge < -0.3 is 9.88 Å². The van der Waals surface area contributed by atoms with E-state index in [1.165, 1.54) is 0 Å². The van der Waals surface area contributed by atoms with Gasteiger partial charge in [0.2, 0.25) is 0 Å². The summed E-state index contributed by atoms with van der Waals surface area (Å²) in [5.41, 5.74) is 0. The quantitative estimate of drug-likeness (QED) is 0.856. The van der Waals surface area contributed by atoms with Gasteiger partial charge in [-0.3, -0.25) is 0 Å². The summed E-state index contributed by atoms with van der Waals surface area (Å²) in [7, 11) is -2.83. The molecular formula is C11H19N3O2S. The number of sulfone groups is 1. The van der Waals surface area contributed by atoms with E-state index in [1.54, 1.807) is 6.20 Å². The fourth-order valence-electron chi connectivity index (χ4n) is 2.21. The number of rotatable bonds is 4. The van der Waals surface area contributed by atoms with Crippen molar-refractivity contribution in [1.29, 1.82) is 0 Å². The first-order valence-corrected chi connectivity index (χ1v) is 7.86. The van der Waals surface area contributed by atoms with Crippen LogP contribution in [0, 0.1) is 0 Å². The molecule has 0 bridgehead atoms. The van der Waals surface area contributed by atoms with Crippen LogP contribution in [0.2, 0.25) is 0 Å². The van der Waals surface area contributed by atoms with E-state index in [0.29, 0.717) is 12.3 Å². The number of aromatic nitrogens is 2. The fraction of sp³-hybridized carbons (Fsp3) is 0.727. The molecule has 1 atom stereocenters. The monoisotopic (exact) mass is 257 g/mol. The molecule has 2 rings (SSSR count). The Hall–Kier alpha value is -0.880. The van der Waals surface area contributed by atoms with Gasteiger partial charge in [0.15, 0.2) is 9.84 Å². The first-order chi connectivity index (χ1) is 8.11. The van der Waals surface area contributed by atoms with Crippen molar-refractivity contribution in [2.75, 3.05) is 11.5 Å². The van der Waals surface area contributed by atoms with Crippen molar-refractivity contribution in [2.24, 2.45) is 0 Å². The molecule has 1 aromatic rings. The van der Waals surface area contributed by atoms with Crippen LogP contribution < -0.4 is 5.32 Å². The Morgan fingerprint density at radius 3 is 3.12 bits per heavy atom. The van der Waals surface area contributed by atoms with E-state index in [4.69, 9.17) is 0 Å². The third kappa shape index (κ3) is 3.29. The molecule has 0 aromatic carbocycles. The minimum atomic E-state index is -2.83. The normalized spacial score (nSPS) is 23.7. The molecular weight excluding hydrogens is 238 g/mol. The highest BCUT2D eigenvalue weighted by Crippen LogP contribution is 2.12. The van der Waals surface area contributed by atoms with Gasteiger partial charge in [0.05, 0.1) is 18.1 Å². The Bertz CT molecular complexity index is 467. The average Bonchev–Trinajstić information content (AvgIpc) is 2.72. The minimum absolute atomic E-state index is 0.0794. The van der Waals surface area contributed by atoms with Crippen LogP contribution in [0.5, 0.6) is 0 Å². The Labute approximate surface area is 102 Å². The first kappa shape index (κ1) is 12.6. The largest absolute Gasteiger partial charge is 0.334 e. The first-order valence-electron chi connectivity index (χ1n) is 6.04. The van der Waals surface area contributed by atoms with Gasteiger partial charge in [-0.2, -0.15) is 0 Å². The van der Waals surface area contributed by atoms with Gasteiger partial charge in [-0.25, -0.2) is 13.4 Å². The second kappa shape index (κ2) is 5.18. The molecule has 1 saturated heterocycles. The van der Waals surface area contributed by atoms with Gasteiger partial charge in [-0.05, 0) is 19.8 Å². The van der Waals surface area contributed by atoms with Crippen molar-refractivity contribution in [2.45, 2.75) is 38.9 Å². The predicted molar refractivity (Wildman–Crippen MR) is 66.4 cm³/mol. The lowest BCUT2D eigenvalue weighted by molar-refractivity contribution is 0.468. The standard InChI is InChI=1S/C11H19N3O2S/c1-2-14-6-5-12-11(14)8-13-10-4-3-7-17(15,16)9-10/h5-6,10,13H,2-4,7-9H2,1H3. The molecule has 1 aliphatic heterocycles. The average molecular weight is 257 g/mol. The zero-order valence-corrected chi connectivity index (χ0v) is 10.9. The van der Waals surface area contributed by atoms with Gasteiger partial charge in [0.25, 0.3) is 0 Å². The summed E-state index contributed by atoms with van der Waals surface area (Å²) in [6, 6.07) is 0.0794. The molecule has 6 heteroatoms. The number of nitrogens with one attached hydrogen (secondary N) is 1. The maximum absolute atomic E-state index is 11.5. The number of aryl methyl sites for hydroxylation is 1. The highest BCUT2D eigenvalue weighted by atomic mass is 32.2. The lowest BCUT2D eigenvalue weighted by atomic mass is 10.2. The predicted octanol–water partition coefficient (Wildman–Crippen LogP) is 0.570. The van der Waals surface area contributed by atoms with Crippen LogP contribution in [-0.2, 0) is 22.9 Å². The molecule has 0 spiro atoms. The van der Waals surface area contributed by atoms with Crippen LogP contribution in [0.15, 0.2) is 12.4 Å². The van der Waals surface area contributed by atoms with Crippen LogP contribution in [-0.4, -0.2) is 35.5 Å². The summed E-state index contributed by atoms with van der Waals surface area (Å²) >= 11 is 0. The van der Waals surface area contributed by atoms with Gasteiger partial charge in [-0.1, -0.05) is 0 Å². The smallest absolute Gasteiger partial charge is 0.151 e. The van der Waals surface area contributed by atoms with E-state index in [1.807, 2.05) is 6.20 Å². The number of imidazole rings is 1. The second-order valence-electron chi connectivity index (χ2n) is 4.46. The van der Waals surface area contributed by atoms with Crippen LogP contribution in [0.4, 0.5) is 0 Å². The number of nitrogens with zero attached hydrogens (tertiary/aromatic N) is 2. The van der Waals surface area contributed by atoms with E-state index in [9.17, 15) is 8.42 Å². The zero-order valence-electron chi connectivity index (χ0n) is 10.1. The molecule has 17 heavy (non-hydrogen) atoms. The molecule has 1 N–H and O–H groups in total. The zero-order chi connectivity index (χ0) is 12.3. The summed E-state index contributed by atoms with van der Waals surface area (Å²) in [5, 5.41) is 3.29. The second-order valence-corrected chi connectivity index (χ2v) is 6.69. The van der Waals surface area contributed by atoms with Crippen molar-refractivity contribution in [1.82, 2.24) is 14.9 Å². The van der Waals surface area contributed by atoms with Crippen molar-refractivity contribution < 1.29 is 8.42 Å². The number of hydrogen-bond donors (Lipinski definition) is 1. The van der Waals surface area contributed by atoms with E-state index in [0.717, 1.165) is 25.2 Å². The van der Waals surface area contributed by atoms with Crippen molar-refractivity contribution in [3.8, 4) is 0 Å². The maximum Gasteiger partial charge on any atom is 0.151 e. The molecule has 1 aromatic heterocycles. The molecule has 96 valence electrons. The number of hydrogen-bond acceptors (Lipinski definition) is 4. The molecule has 1 aliphatic rings. The Morgan fingerprint density at radius 2 is 2.41 bits per heavy atom. The summed E-state index contributed by atoms with van der Waals surface area (Å²) in [4.78, 5) is 4.26. The summed E-state index contributed by atoms with van der Waals surface area (Å²) in [6.07, 6.45) is 5.42. The van der Waals surface area contributed by atoms with Crippen LogP contribution in [0.1, 0.15) is 25.6 Å². The van der Waals surface area contributed by atoms with Crippen molar-refractivity contribution >= 4 is 9.84 Å². The van der Waals surface area contributed by atoms with Gasteiger partial charge in [0.1, 0.15) is 5.82 Å². The van der Waals surface area contributed by atoms with Crippen molar-refractivity contribution in [3.63, 3.8) is 0 Å². The van der Waals surface area contributed by atoms with Crippen LogP contribution in [0.25, 0.3) is 0 Å². The highest BCUT2D eigenvalue weighted by Gasteiger charge is 2.24. The molecule has 1 fully saturated rings. The lowest BCUT2D eigenvalue weighted by Gasteiger charge is -2.23. The van der Waals surface area contributed by atoms with Gasteiger partial charge in [0, 0.05) is 25.0 Å². The van der Waals surface area contributed by atoms with E-state index in [-0.39, 0.29) is 11.8 Å². The third-order valence-corrected chi connectivity index (χ3v) is 4.98. The molecule has 0 radical (unpaired) electrons. The topological polar surface area (TPSA) is 64.0 Å². The Balaban J connectivity index is 1.90. The highest BCUT2D eigenvalue weighted by molar-refractivity contribution is 7.91. The van der Waals surface area contributed by atoms with Crippen LogP contribution >= 0.6 is 0 Å². The van der Waals surface area contributed by atoms with Gasteiger partial charge >= 0.3 is 0 Å². The molecule has 5 nitrogen and oxygen atoms in total. The third-order valence-electron chi connectivity index (χ3n) is 3.15. The van der Waals surface area contributed by atoms with Crippen molar-refractivity contribution in [3.05, 3.63) is 18.2 Å². The minimum Gasteiger partial charge on any atom is -0.334 e. The fourth-order valence-corrected chi connectivity index (χ4v) is 3.89. The lowest BCUT2D eigenvalue weighted by Crippen LogP contribution is -2.40. The maximum atomic E-state index is 11.5. The van der Waals surface area contributed by atoms with E-state index < -0.39 is 9.84 Å². The van der Waals surface area contributed by atoms with E-state index >= 15 is 0 Å². The molecule has 0 aliphatic carbocycles. The summed E-state index contributed by atoms with van der Waals surface area (Å²) in [6.45, 7) is 3.59. The Morgan fingerprint density at radius 1 is 1.59 bits per heavy atom. The van der Waals surface area contributed by atoms with Crippen LogP contribution in [0.3, 0.4) is 0 Å². The molecule has 1 unspecified atom stereocenters. The molecule has 0 amide bonds. The summed E-state index contributed by atoms with van der Waals surface area (Å²) in [5.74, 6) is 1.57.